The molecule has 2 unspecified atom stereocenters. The zero-order valence-corrected chi connectivity index (χ0v) is 16.8. The maximum Gasteiger partial charge on any atom is 0.243 e. The number of pyridine rings is 1. The Morgan fingerprint density at radius 3 is 2.56 bits per heavy atom. The predicted octanol–water partition coefficient (Wildman–Crippen LogP) is 3.98. The Kier molecular flexibility index (Phi) is 4.56. The first-order valence-electron chi connectivity index (χ1n) is 9.39. The molecule has 2 aromatic heterocycles. The van der Waals surface area contributed by atoms with Gasteiger partial charge in [0.2, 0.25) is 10.0 Å². The van der Waals surface area contributed by atoms with E-state index in [0.29, 0.717) is 29.8 Å². The Morgan fingerprint density at radius 1 is 1.07 bits per heavy atom. The lowest BCUT2D eigenvalue weighted by Crippen LogP contribution is -2.42. The summed E-state index contributed by atoms with van der Waals surface area (Å²) >= 11 is 0. The van der Waals surface area contributed by atoms with Crippen LogP contribution >= 0.6 is 0 Å². The van der Waals surface area contributed by atoms with Gasteiger partial charge in [-0.2, -0.15) is 4.31 Å². The van der Waals surface area contributed by atoms with Gasteiger partial charge in [0.15, 0.2) is 0 Å². The molecule has 0 saturated carbocycles. The van der Waals surface area contributed by atoms with Crippen LogP contribution in [0, 0.1) is 18.8 Å². The lowest BCUT2D eigenvalue weighted by Gasteiger charge is -2.34. The van der Waals surface area contributed by atoms with Crippen LogP contribution in [-0.4, -0.2) is 35.2 Å². The van der Waals surface area contributed by atoms with Crippen LogP contribution in [0.15, 0.2) is 53.7 Å². The zero-order chi connectivity index (χ0) is 19.2. The highest BCUT2D eigenvalue weighted by atomic mass is 32.2. The number of imidazole rings is 1. The monoisotopic (exact) mass is 383 g/mol. The highest BCUT2D eigenvalue weighted by Crippen LogP contribution is 2.29. The number of rotatable bonds is 3. The molecule has 3 aromatic rings. The lowest BCUT2D eigenvalue weighted by atomic mass is 9.94. The number of piperidine rings is 1. The maximum atomic E-state index is 13.2. The Hall–Kier alpha value is -2.18. The van der Waals surface area contributed by atoms with Crippen molar-refractivity contribution in [1.82, 2.24) is 13.7 Å². The molecule has 1 aromatic carbocycles. The normalized spacial score (nSPS) is 21.6. The van der Waals surface area contributed by atoms with E-state index in [9.17, 15) is 8.42 Å². The van der Waals surface area contributed by atoms with E-state index in [2.05, 4.69) is 18.8 Å². The topological polar surface area (TPSA) is 54.7 Å². The highest BCUT2D eigenvalue weighted by molar-refractivity contribution is 7.89. The molecule has 0 radical (unpaired) electrons. The first-order valence-corrected chi connectivity index (χ1v) is 10.8. The van der Waals surface area contributed by atoms with Gasteiger partial charge in [-0.3, -0.25) is 0 Å². The van der Waals surface area contributed by atoms with Gasteiger partial charge in [0.05, 0.1) is 10.6 Å². The van der Waals surface area contributed by atoms with Crippen molar-refractivity contribution in [2.24, 2.45) is 11.8 Å². The molecule has 0 bridgehead atoms. The minimum Gasteiger partial charge on any atom is -0.306 e. The van der Waals surface area contributed by atoms with Crippen LogP contribution in [0.1, 0.15) is 25.8 Å². The van der Waals surface area contributed by atoms with Gasteiger partial charge >= 0.3 is 0 Å². The molecule has 1 aliphatic heterocycles. The third-order valence-corrected chi connectivity index (χ3v) is 7.05. The van der Waals surface area contributed by atoms with Crippen molar-refractivity contribution in [3.05, 3.63) is 54.4 Å². The summed E-state index contributed by atoms with van der Waals surface area (Å²) in [5.74, 6) is 0.766. The predicted molar refractivity (Wildman–Crippen MR) is 107 cm³/mol. The van der Waals surface area contributed by atoms with Crippen LogP contribution in [0.25, 0.3) is 16.9 Å². The summed E-state index contributed by atoms with van der Waals surface area (Å²) in [6.45, 7) is 7.44. The number of hydrogen-bond donors (Lipinski definition) is 0. The molecule has 4 rings (SSSR count). The average molecular weight is 384 g/mol. The van der Waals surface area contributed by atoms with Gasteiger partial charge < -0.3 is 4.40 Å². The van der Waals surface area contributed by atoms with Crippen LogP contribution in [0.2, 0.25) is 0 Å². The van der Waals surface area contributed by atoms with Gasteiger partial charge in [0.25, 0.3) is 0 Å². The van der Waals surface area contributed by atoms with Crippen molar-refractivity contribution >= 4 is 15.7 Å². The van der Waals surface area contributed by atoms with Gasteiger partial charge in [-0.1, -0.05) is 26.0 Å². The second-order valence-electron chi connectivity index (χ2n) is 7.89. The molecule has 1 saturated heterocycles. The van der Waals surface area contributed by atoms with Gasteiger partial charge in [-0.25, -0.2) is 13.4 Å². The molecule has 0 spiro atoms. The third-order valence-electron chi connectivity index (χ3n) is 5.22. The molecule has 1 fully saturated rings. The Labute approximate surface area is 160 Å². The number of benzene rings is 1. The number of sulfonamides is 1. The van der Waals surface area contributed by atoms with E-state index in [0.717, 1.165) is 28.9 Å². The number of hydrogen-bond acceptors (Lipinski definition) is 3. The van der Waals surface area contributed by atoms with Gasteiger partial charge in [-0.15, -0.1) is 0 Å². The van der Waals surface area contributed by atoms with Gasteiger partial charge in [-0.05, 0) is 55.0 Å². The van der Waals surface area contributed by atoms with Crippen molar-refractivity contribution in [3.63, 3.8) is 0 Å². The fraction of sp³-hybridized carbons (Fsp3) is 0.381. The Bertz CT molecular complexity index is 1080. The molecule has 1 aliphatic rings. The fourth-order valence-electron chi connectivity index (χ4n) is 3.99. The number of aryl methyl sites for hydroxylation is 1. The Balaban J connectivity index is 1.71. The molecule has 27 heavy (non-hydrogen) atoms. The molecular formula is C21H25N3O2S. The Morgan fingerprint density at radius 2 is 1.81 bits per heavy atom. The van der Waals surface area contributed by atoms with Crippen LogP contribution < -0.4 is 0 Å². The fourth-order valence-corrected chi connectivity index (χ4v) is 5.72. The summed E-state index contributed by atoms with van der Waals surface area (Å²) < 4.78 is 30.0. The molecular weight excluding hydrogens is 358 g/mol. The number of nitrogens with zero attached hydrogens (tertiary/aromatic N) is 3. The average Bonchev–Trinajstić information content (AvgIpc) is 3.04. The maximum absolute atomic E-state index is 13.2. The molecule has 142 valence electrons. The van der Waals surface area contributed by atoms with Crippen LogP contribution in [0.3, 0.4) is 0 Å². The second-order valence-corrected chi connectivity index (χ2v) is 9.83. The number of fused-ring (bicyclic) bond motifs is 1. The smallest absolute Gasteiger partial charge is 0.243 e. The van der Waals surface area contributed by atoms with Crippen molar-refractivity contribution in [1.29, 1.82) is 0 Å². The van der Waals surface area contributed by atoms with Crippen molar-refractivity contribution in [2.45, 2.75) is 32.1 Å². The molecule has 6 heteroatoms. The van der Waals surface area contributed by atoms with E-state index in [-0.39, 0.29) is 0 Å². The summed E-state index contributed by atoms with van der Waals surface area (Å²) in [6, 6.07) is 11.2. The second kappa shape index (κ2) is 6.77. The van der Waals surface area contributed by atoms with E-state index in [1.807, 2.05) is 41.9 Å². The third kappa shape index (κ3) is 3.51. The molecule has 5 nitrogen and oxygen atoms in total. The molecule has 0 amide bonds. The summed E-state index contributed by atoms with van der Waals surface area (Å²) in [7, 11) is -3.50. The minimum absolute atomic E-state index is 0.342. The first-order chi connectivity index (χ1) is 12.8. The number of aromatic nitrogens is 2. The van der Waals surface area contributed by atoms with Crippen LogP contribution in [-0.2, 0) is 10.0 Å². The zero-order valence-electron chi connectivity index (χ0n) is 16.0. The van der Waals surface area contributed by atoms with Crippen molar-refractivity contribution < 1.29 is 8.42 Å². The van der Waals surface area contributed by atoms with E-state index in [1.54, 1.807) is 22.5 Å². The highest BCUT2D eigenvalue weighted by Gasteiger charge is 2.31. The molecule has 2 atom stereocenters. The molecule has 0 N–H and O–H groups in total. The summed E-state index contributed by atoms with van der Waals surface area (Å²) in [5, 5.41) is 0. The van der Waals surface area contributed by atoms with Gasteiger partial charge in [0.1, 0.15) is 5.65 Å². The van der Waals surface area contributed by atoms with E-state index < -0.39 is 10.0 Å². The summed E-state index contributed by atoms with van der Waals surface area (Å²) in [6.07, 6.45) is 4.98. The summed E-state index contributed by atoms with van der Waals surface area (Å²) in [5.41, 5.74) is 3.59. The SMILES string of the molecule is Cc1ccn2cc(-c3cccc(S(=O)(=O)N4CC(C)CC(C)C4)c3)nc2c1. The van der Waals surface area contributed by atoms with Crippen LogP contribution in [0.4, 0.5) is 0 Å². The van der Waals surface area contributed by atoms with E-state index in [1.165, 1.54) is 0 Å². The molecule has 3 heterocycles. The summed E-state index contributed by atoms with van der Waals surface area (Å²) in [4.78, 5) is 5.00. The van der Waals surface area contributed by atoms with Crippen molar-refractivity contribution in [3.8, 4) is 11.3 Å². The molecule has 0 aliphatic carbocycles. The van der Waals surface area contributed by atoms with Crippen LogP contribution in [0.5, 0.6) is 0 Å². The first kappa shape index (κ1) is 18.2. The van der Waals surface area contributed by atoms with Gasteiger partial charge in [0, 0.05) is 31.0 Å². The standard InChI is InChI=1S/C21H25N3O2S/c1-15-7-8-23-14-20(22-21(23)10-15)18-5-4-6-19(11-18)27(25,26)24-12-16(2)9-17(3)13-24/h4-8,10-11,14,16-17H,9,12-13H2,1-3H3. The quantitative estimate of drug-likeness (QED) is 0.687. The lowest BCUT2D eigenvalue weighted by molar-refractivity contribution is 0.222. The van der Waals surface area contributed by atoms with E-state index >= 15 is 0 Å². The minimum atomic E-state index is -3.50. The van der Waals surface area contributed by atoms with E-state index in [4.69, 9.17) is 0 Å². The largest absolute Gasteiger partial charge is 0.306 e. The van der Waals surface area contributed by atoms with Crippen molar-refractivity contribution in [2.75, 3.05) is 13.1 Å².